The summed E-state index contributed by atoms with van der Waals surface area (Å²) in [5.41, 5.74) is -0.422. The molecule has 26 heavy (non-hydrogen) atoms. The Labute approximate surface area is 148 Å². The molecule has 0 aliphatic rings. The summed E-state index contributed by atoms with van der Waals surface area (Å²) in [7, 11) is 0. The first-order valence-electron chi connectivity index (χ1n) is 7.39. The highest BCUT2D eigenvalue weighted by molar-refractivity contribution is 5.89. The number of nitrogens with zero attached hydrogens (tertiary/aromatic N) is 1. The highest BCUT2D eigenvalue weighted by atomic mass is 16.6. The van der Waals surface area contributed by atoms with E-state index in [-0.39, 0.29) is 24.2 Å². The van der Waals surface area contributed by atoms with Gasteiger partial charge < -0.3 is 9.97 Å². The van der Waals surface area contributed by atoms with Gasteiger partial charge in [-0.2, -0.15) is 0 Å². The summed E-state index contributed by atoms with van der Waals surface area (Å²) in [5.74, 6) is 0. The van der Waals surface area contributed by atoms with Crippen LogP contribution in [0.5, 0.6) is 0 Å². The molecule has 132 valence electrons. The topological polar surface area (TPSA) is 109 Å². The molecule has 2 N–H and O–H groups in total. The number of hydrogen-bond acceptors (Lipinski definition) is 4. The zero-order valence-corrected chi connectivity index (χ0v) is 12.9. The SMILES string of the molecule is C.O=c1[nH]cc([N+](=O)[O-])c2ccccc12.O=c1[nH]ccc2ccccc12. The second-order valence-electron chi connectivity index (χ2n) is 5.20. The molecule has 7 heteroatoms. The summed E-state index contributed by atoms with van der Waals surface area (Å²) >= 11 is 0. The van der Waals surface area contributed by atoms with Gasteiger partial charge in [-0.1, -0.05) is 37.8 Å². The van der Waals surface area contributed by atoms with Crippen LogP contribution in [-0.2, 0) is 0 Å². The molecule has 0 aliphatic heterocycles. The van der Waals surface area contributed by atoms with Gasteiger partial charge in [0.05, 0.1) is 21.9 Å². The first kappa shape index (κ1) is 18.6. The van der Waals surface area contributed by atoms with Crippen molar-refractivity contribution in [1.82, 2.24) is 9.97 Å². The summed E-state index contributed by atoms with van der Waals surface area (Å²) < 4.78 is 0. The maximum atomic E-state index is 11.3. The van der Waals surface area contributed by atoms with Crippen LogP contribution in [0.25, 0.3) is 21.5 Å². The summed E-state index contributed by atoms with van der Waals surface area (Å²) in [4.78, 5) is 37.4. The Kier molecular flexibility index (Phi) is 5.64. The second-order valence-corrected chi connectivity index (χ2v) is 5.20. The van der Waals surface area contributed by atoms with Gasteiger partial charge >= 0.3 is 0 Å². The molecule has 2 aromatic heterocycles. The fourth-order valence-corrected chi connectivity index (χ4v) is 2.48. The van der Waals surface area contributed by atoms with Crippen LogP contribution in [0.1, 0.15) is 7.43 Å². The molecule has 0 radical (unpaired) electrons. The predicted molar refractivity (Wildman–Crippen MR) is 103 cm³/mol. The molecule has 0 saturated heterocycles. The van der Waals surface area contributed by atoms with E-state index in [0.29, 0.717) is 10.8 Å². The summed E-state index contributed by atoms with van der Waals surface area (Å²) in [5, 5.41) is 13.0. The van der Waals surface area contributed by atoms with Crippen LogP contribution in [0.15, 0.2) is 76.6 Å². The average molecular weight is 351 g/mol. The van der Waals surface area contributed by atoms with Crippen molar-refractivity contribution in [3.63, 3.8) is 0 Å². The lowest BCUT2D eigenvalue weighted by Gasteiger charge is -1.96. The van der Waals surface area contributed by atoms with Crippen LogP contribution >= 0.6 is 0 Å². The average Bonchev–Trinajstić information content (AvgIpc) is 2.63. The molecule has 0 spiro atoms. The third-order valence-electron chi connectivity index (χ3n) is 3.67. The van der Waals surface area contributed by atoms with Crippen molar-refractivity contribution in [3.8, 4) is 0 Å². The van der Waals surface area contributed by atoms with Gasteiger partial charge in [0.2, 0.25) is 0 Å². The zero-order chi connectivity index (χ0) is 17.8. The lowest BCUT2D eigenvalue weighted by Crippen LogP contribution is -2.06. The van der Waals surface area contributed by atoms with Crippen LogP contribution in [-0.4, -0.2) is 14.9 Å². The molecule has 0 saturated carbocycles. The van der Waals surface area contributed by atoms with Gasteiger partial charge in [-0.3, -0.25) is 19.7 Å². The normalized spacial score (nSPS) is 9.85. The molecule has 0 fully saturated rings. The summed E-state index contributed by atoms with van der Waals surface area (Å²) in [6.07, 6.45) is 2.77. The van der Waals surface area contributed by atoms with E-state index in [0.717, 1.165) is 17.0 Å². The predicted octanol–water partition coefficient (Wildman–Crippen LogP) is 3.60. The Morgan fingerprint density at radius 1 is 0.769 bits per heavy atom. The molecular weight excluding hydrogens is 334 g/mol. The molecule has 4 aromatic rings. The van der Waals surface area contributed by atoms with Crippen molar-refractivity contribution in [2.45, 2.75) is 7.43 Å². The number of benzene rings is 2. The molecule has 2 aromatic carbocycles. The number of aromatic nitrogens is 2. The van der Waals surface area contributed by atoms with E-state index in [1.807, 2.05) is 30.3 Å². The van der Waals surface area contributed by atoms with Gasteiger partial charge in [-0.05, 0) is 29.7 Å². The summed E-state index contributed by atoms with van der Waals surface area (Å²) in [6, 6.07) is 15.8. The van der Waals surface area contributed by atoms with Gasteiger partial charge in [0.1, 0.15) is 0 Å². The largest absolute Gasteiger partial charge is 0.329 e. The third kappa shape index (κ3) is 3.67. The number of rotatable bonds is 1. The molecule has 2 heterocycles. The monoisotopic (exact) mass is 351 g/mol. The van der Waals surface area contributed by atoms with E-state index in [9.17, 15) is 19.7 Å². The Balaban J connectivity index is 0.000000184. The molecular formula is C19H17N3O4. The number of hydrogen-bond donors (Lipinski definition) is 2. The fourth-order valence-electron chi connectivity index (χ4n) is 2.48. The molecule has 7 nitrogen and oxygen atoms in total. The minimum atomic E-state index is -0.516. The molecule has 0 bridgehead atoms. The Hall–Kier alpha value is -3.74. The van der Waals surface area contributed by atoms with E-state index in [1.54, 1.807) is 30.5 Å². The van der Waals surface area contributed by atoms with Crippen molar-refractivity contribution in [2.75, 3.05) is 0 Å². The minimum absolute atomic E-state index is 0. The van der Waals surface area contributed by atoms with Crippen molar-refractivity contribution >= 4 is 27.2 Å². The smallest absolute Gasteiger partial charge is 0.293 e. The third-order valence-corrected chi connectivity index (χ3v) is 3.67. The standard InChI is InChI=1S/C9H6N2O3.C9H7NO.CH4/c12-9-7-4-2-1-3-6(7)8(5-10-9)11(13)14;11-9-8-4-2-1-3-7(8)5-6-10-9;/h1-5H,(H,10,12);1-6H,(H,10,11);1H4. The van der Waals surface area contributed by atoms with Gasteiger partial charge in [-0.15, -0.1) is 0 Å². The highest BCUT2D eigenvalue weighted by Gasteiger charge is 2.12. The van der Waals surface area contributed by atoms with Crippen molar-refractivity contribution in [2.24, 2.45) is 0 Å². The Morgan fingerprint density at radius 2 is 1.35 bits per heavy atom. The van der Waals surface area contributed by atoms with E-state index in [2.05, 4.69) is 9.97 Å². The number of pyridine rings is 2. The van der Waals surface area contributed by atoms with Gasteiger partial charge in [0, 0.05) is 11.6 Å². The van der Waals surface area contributed by atoms with Crippen molar-refractivity contribution in [1.29, 1.82) is 0 Å². The zero-order valence-electron chi connectivity index (χ0n) is 12.9. The number of fused-ring (bicyclic) bond motifs is 2. The van der Waals surface area contributed by atoms with Crippen LogP contribution in [0, 0.1) is 10.1 Å². The van der Waals surface area contributed by atoms with Crippen LogP contribution in [0.3, 0.4) is 0 Å². The molecule has 0 unspecified atom stereocenters. The fraction of sp³-hybridized carbons (Fsp3) is 0.0526. The first-order valence-corrected chi connectivity index (χ1v) is 7.39. The van der Waals surface area contributed by atoms with Crippen LogP contribution in [0.4, 0.5) is 5.69 Å². The quantitative estimate of drug-likeness (QED) is 0.403. The van der Waals surface area contributed by atoms with Crippen LogP contribution in [0.2, 0.25) is 0 Å². The number of nitrogens with one attached hydrogen (secondary N) is 2. The van der Waals surface area contributed by atoms with Gasteiger partial charge in [0.25, 0.3) is 16.8 Å². The van der Waals surface area contributed by atoms with E-state index in [4.69, 9.17) is 0 Å². The van der Waals surface area contributed by atoms with Crippen molar-refractivity contribution in [3.05, 3.63) is 97.8 Å². The molecule has 0 aliphatic carbocycles. The summed E-state index contributed by atoms with van der Waals surface area (Å²) in [6.45, 7) is 0. The van der Waals surface area contributed by atoms with E-state index in [1.165, 1.54) is 0 Å². The Bertz CT molecular complexity index is 1170. The van der Waals surface area contributed by atoms with E-state index < -0.39 is 4.92 Å². The van der Waals surface area contributed by atoms with Crippen LogP contribution < -0.4 is 11.1 Å². The lowest BCUT2D eigenvalue weighted by molar-refractivity contribution is -0.383. The maximum absolute atomic E-state index is 11.3. The number of aromatic amines is 2. The van der Waals surface area contributed by atoms with Gasteiger partial charge in [-0.25, -0.2) is 0 Å². The highest BCUT2D eigenvalue weighted by Crippen LogP contribution is 2.20. The molecule has 0 atom stereocenters. The van der Waals surface area contributed by atoms with Gasteiger partial charge in [0.15, 0.2) is 0 Å². The first-order chi connectivity index (χ1) is 12.1. The number of H-pyrrole nitrogens is 2. The lowest BCUT2D eigenvalue weighted by atomic mass is 10.1. The Morgan fingerprint density at radius 3 is 2.00 bits per heavy atom. The second kappa shape index (κ2) is 7.89. The van der Waals surface area contributed by atoms with E-state index >= 15 is 0 Å². The van der Waals surface area contributed by atoms with Crippen molar-refractivity contribution < 1.29 is 4.92 Å². The molecule has 0 amide bonds. The number of nitro groups is 1. The minimum Gasteiger partial charge on any atom is -0.329 e. The molecule has 4 rings (SSSR count). The maximum Gasteiger partial charge on any atom is 0.293 e.